The van der Waals surface area contributed by atoms with Crippen LogP contribution in [0.3, 0.4) is 0 Å². The van der Waals surface area contributed by atoms with Gasteiger partial charge in [0.25, 0.3) is 0 Å². The molecular formula is C15H29N3O3. The molecule has 0 spiro atoms. The number of carbonyl (C=O) groups excluding carboxylic acids is 1. The van der Waals surface area contributed by atoms with Crippen molar-refractivity contribution < 1.29 is 14.7 Å². The zero-order valence-electron chi connectivity index (χ0n) is 13.6. The lowest BCUT2D eigenvalue weighted by atomic mass is 9.82. The van der Waals surface area contributed by atoms with E-state index in [1.54, 1.807) is 0 Å². The Kier molecular flexibility index (Phi) is 6.45. The smallest absolute Gasteiger partial charge is 0.314 e. The lowest BCUT2D eigenvalue weighted by molar-refractivity contribution is -0.143. The SMILES string of the molecule is CN(C)C(C)(C)CNC(=O)NCC1CCC(C(=O)O)CC1. The van der Waals surface area contributed by atoms with Gasteiger partial charge in [-0.2, -0.15) is 0 Å². The van der Waals surface area contributed by atoms with Gasteiger partial charge >= 0.3 is 12.0 Å². The average molecular weight is 299 g/mol. The fourth-order valence-corrected chi connectivity index (χ4v) is 2.37. The summed E-state index contributed by atoms with van der Waals surface area (Å²) in [4.78, 5) is 24.7. The molecule has 0 bridgehead atoms. The van der Waals surface area contributed by atoms with Crippen molar-refractivity contribution in [2.24, 2.45) is 11.8 Å². The third-order valence-corrected chi connectivity index (χ3v) is 4.64. The fraction of sp³-hybridized carbons (Fsp3) is 0.867. The molecule has 0 aromatic rings. The van der Waals surface area contributed by atoms with E-state index in [1.807, 2.05) is 14.1 Å². The number of urea groups is 1. The Morgan fingerprint density at radius 3 is 2.19 bits per heavy atom. The maximum Gasteiger partial charge on any atom is 0.314 e. The van der Waals surface area contributed by atoms with E-state index in [2.05, 4.69) is 29.4 Å². The Hall–Kier alpha value is -1.30. The maximum absolute atomic E-state index is 11.8. The normalized spacial score (nSPS) is 22.9. The Labute approximate surface area is 127 Å². The highest BCUT2D eigenvalue weighted by molar-refractivity contribution is 5.74. The van der Waals surface area contributed by atoms with Crippen LogP contribution in [-0.2, 0) is 4.79 Å². The van der Waals surface area contributed by atoms with Crippen LogP contribution in [0, 0.1) is 11.8 Å². The molecule has 0 atom stereocenters. The van der Waals surface area contributed by atoms with Crippen molar-refractivity contribution in [1.29, 1.82) is 0 Å². The largest absolute Gasteiger partial charge is 0.481 e. The third-order valence-electron chi connectivity index (χ3n) is 4.64. The number of aliphatic carboxylic acids is 1. The number of hydrogen-bond donors (Lipinski definition) is 3. The molecule has 3 N–H and O–H groups in total. The van der Waals surface area contributed by atoms with Crippen LogP contribution in [0.2, 0.25) is 0 Å². The highest BCUT2D eigenvalue weighted by Crippen LogP contribution is 2.28. The van der Waals surface area contributed by atoms with Crippen molar-refractivity contribution in [2.75, 3.05) is 27.2 Å². The third kappa shape index (κ3) is 5.91. The summed E-state index contributed by atoms with van der Waals surface area (Å²) in [6, 6.07) is -0.148. The van der Waals surface area contributed by atoms with Gasteiger partial charge in [-0.15, -0.1) is 0 Å². The number of hydrogen-bond acceptors (Lipinski definition) is 3. The summed E-state index contributed by atoms with van der Waals surface area (Å²) in [5, 5.41) is 14.7. The molecule has 1 aliphatic rings. The molecule has 1 fully saturated rings. The molecule has 1 rings (SSSR count). The molecule has 0 heterocycles. The molecule has 6 heteroatoms. The van der Waals surface area contributed by atoms with Crippen LogP contribution in [-0.4, -0.2) is 54.7 Å². The summed E-state index contributed by atoms with van der Waals surface area (Å²) in [6.07, 6.45) is 3.19. The molecule has 0 aliphatic heterocycles. The van der Waals surface area contributed by atoms with Crippen molar-refractivity contribution in [2.45, 2.75) is 45.1 Å². The molecule has 21 heavy (non-hydrogen) atoms. The van der Waals surface area contributed by atoms with Crippen molar-refractivity contribution in [1.82, 2.24) is 15.5 Å². The van der Waals surface area contributed by atoms with Gasteiger partial charge in [0.2, 0.25) is 0 Å². The van der Waals surface area contributed by atoms with E-state index in [4.69, 9.17) is 5.11 Å². The van der Waals surface area contributed by atoms with E-state index in [0.717, 1.165) is 25.7 Å². The summed E-state index contributed by atoms with van der Waals surface area (Å²) < 4.78 is 0. The van der Waals surface area contributed by atoms with Gasteiger partial charge < -0.3 is 20.6 Å². The van der Waals surface area contributed by atoms with Crippen LogP contribution >= 0.6 is 0 Å². The molecule has 0 saturated heterocycles. The van der Waals surface area contributed by atoms with Gasteiger partial charge in [-0.05, 0) is 59.5 Å². The number of amides is 2. The zero-order chi connectivity index (χ0) is 16.0. The molecule has 1 saturated carbocycles. The van der Waals surface area contributed by atoms with Gasteiger partial charge in [0, 0.05) is 18.6 Å². The summed E-state index contributed by atoms with van der Waals surface area (Å²) in [5.74, 6) is -0.491. The van der Waals surface area contributed by atoms with Crippen LogP contribution in [0.15, 0.2) is 0 Å². The van der Waals surface area contributed by atoms with Gasteiger partial charge in [0.15, 0.2) is 0 Å². The first-order valence-corrected chi connectivity index (χ1v) is 7.64. The first-order chi connectivity index (χ1) is 9.72. The number of nitrogens with zero attached hydrogens (tertiary/aromatic N) is 1. The maximum atomic E-state index is 11.8. The second-order valence-corrected chi connectivity index (χ2v) is 6.83. The van der Waals surface area contributed by atoms with Crippen LogP contribution in [0.1, 0.15) is 39.5 Å². The average Bonchev–Trinajstić information content (AvgIpc) is 2.43. The Morgan fingerprint density at radius 1 is 1.14 bits per heavy atom. The van der Waals surface area contributed by atoms with Gasteiger partial charge in [-0.1, -0.05) is 0 Å². The number of carbonyl (C=O) groups is 2. The number of carboxylic acids is 1. The molecule has 2 amide bonds. The molecule has 6 nitrogen and oxygen atoms in total. The van der Waals surface area contributed by atoms with E-state index < -0.39 is 5.97 Å². The van der Waals surface area contributed by atoms with E-state index in [-0.39, 0.29) is 17.5 Å². The number of nitrogens with one attached hydrogen (secondary N) is 2. The van der Waals surface area contributed by atoms with Crippen molar-refractivity contribution in [3.63, 3.8) is 0 Å². The highest BCUT2D eigenvalue weighted by atomic mass is 16.4. The number of likely N-dealkylation sites (N-methyl/N-ethyl adjacent to an activating group) is 1. The monoisotopic (exact) mass is 299 g/mol. The van der Waals surface area contributed by atoms with Crippen molar-refractivity contribution in [3.8, 4) is 0 Å². The number of rotatable bonds is 6. The van der Waals surface area contributed by atoms with E-state index in [1.165, 1.54) is 0 Å². The van der Waals surface area contributed by atoms with Crippen LogP contribution in [0.25, 0.3) is 0 Å². The Balaban J connectivity index is 2.21. The van der Waals surface area contributed by atoms with Gasteiger partial charge in [-0.25, -0.2) is 4.79 Å². The minimum atomic E-state index is -0.690. The van der Waals surface area contributed by atoms with Gasteiger partial charge in [0.05, 0.1) is 5.92 Å². The van der Waals surface area contributed by atoms with Crippen LogP contribution < -0.4 is 10.6 Å². The van der Waals surface area contributed by atoms with E-state index >= 15 is 0 Å². The topological polar surface area (TPSA) is 81.7 Å². The zero-order valence-corrected chi connectivity index (χ0v) is 13.6. The second-order valence-electron chi connectivity index (χ2n) is 6.83. The minimum absolute atomic E-state index is 0.0864. The summed E-state index contributed by atoms with van der Waals surface area (Å²) in [6.45, 7) is 5.35. The summed E-state index contributed by atoms with van der Waals surface area (Å²) >= 11 is 0. The minimum Gasteiger partial charge on any atom is -0.481 e. The first kappa shape index (κ1) is 17.8. The summed E-state index contributed by atoms with van der Waals surface area (Å²) in [7, 11) is 3.97. The molecule has 0 aromatic carbocycles. The van der Waals surface area contributed by atoms with Crippen LogP contribution in [0.5, 0.6) is 0 Å². The molecule has 122 valence electrons. The van der Waals surface area contributed by atoms with Gasteiger partial charge in [-0.3, -0.25) is 4.79 Å². The fourth-order valence-electron chi connectivity index (χ4n) is 2.37. The Morgan fingerprint density at radius 2 is 1.71 bits per heavy atom. The van der Waals surface area contributed by atoms with E-state index in [9.17, 15) is 9.59 Å². The Bertz CT molecular complexity index is 361. The van der Waals surface area contributed by atoms with Gasteiger partial charge in [0.1, 0.15) is 0 Å². The molecule has 0 aromatic heterocycles. The molecule has 1 aliphatic carbocycles. The summed E-state index contributed by atoms with van der Waals surface area (Å²) in [5.41, 5.74) is -0.0864. The van der Waals surface area contributed by atoms with Crippen molar-refractivity contribution in [3.05, 3.63) is 0 Å². The van der Waals surface area contributed by atoms with Crippen molar-refractivity contribution >= 4 is 12.0 Å². The molecular weight excluding hydrogens is 270 g/mol. The highest BCUT2D eigenvalue weighted by Gasteiger charge is 2.26. The molecule has 0 unspecified atom stereocenters. The first-order valence-electron chi connectivity index (χ1n) is 7.64. The number of carboxylic acid groups (broad SMARTS) is 1. The lowest BCUT2D eigenvalue weighted by Crippen LogP contribution is -2.50. The quantitative estimate of drug-likeness (QED) is 0.694. The standard InChI is InChI=1S/C15H29N3O3/c1-15(2,18(3)4)10-17-14(21)16-9-11-5-7-12(8-6-11)13(19)20/h11-12H,5-10H2,1-4H3,(H,19,20)(H2,16,17,21). The predicted octanol–water partition coefficient (Wildman–Crippen LogP) is 1.52. The molecule has 0 radical (unpaired) electrons. The lowest BCUT2D eigenvalue weighted by Gasteiger charge is -2.32. The van der Waals surface area contributed by atoms with E-state index in [0.29, 0.717) is 19.0 Å². The predicted molar refractivity (Wildman–Crippen MR) is 82.3 cm³/mol. The van der Waals surface area contributed by atoms with Crippen LogP contribution in [0.4, 0.5) is 4.79 Å². The second kappa shape index (κ2) is 7.64.